The number of benzene rings is 1. The molecule has 100 valence electrons. The van der Waals surface area contributed by atoms with Gasteiger partial charge >= 0.3 is 0 Å². The molecule has 0 radical (unpaired) electrons. The van der Waals surface area contributed by atoms with Crippen LogP contribution in [0.4, 0.5) is 4.39 Å². The van der Waals surface area contributed by atoms with Gasteiger partial charge in [0.1, 0.15) is 5.82 Å². The van der Waals surface area contributed by atoms with Crippen LogP contribution < -0.4 is 5.32 Å². The first-order valence-electron chi connectivity index (χ1n) is 5.69. The maximum atomic E-state index is 13.6. The van der Waals surface area contributed by atoms with Crippen molar-refractivity contribution in [3.8, 4) is 0 Å². The maximum Gasteiger partial charge on any atom is 0.152 e. The van der Waals surface area contributed by atoms with Crippen molar-refractivity contribution in [3.05, 3.63) is 34.6 Å². The minimum absolute atomic E-state index is 0.106. The van der Waals surface area contributed by atoms with Crippen LogP contribution in [0.25, 0.3) is 0 Å². The van der Waals surface area contributed by atoms with E-state index in [0.29, 0.717) is 23.6 Å². The van der Waals surface area contributed by atoms with Crippen LogP contribution in [-0.2, 0) is 16.4 Å². The van der Waals surface area contributed by atoms with Crippen molar-refractivity contribution in [2.45, 2.75) is 25.4 Å². The van der Waals surface area contributed by atoms with Crippen molar-refractivity contribution in [2.24, 2.45) is 0 Å². The predicted octanol–water partition coefficient (Wildman–Crippen LogP) is 2.15. The lowest BCUT2D eigenvalue weighted by molar-refractivity contribution is 0.391. The molecule has 2 rings (SSSR count). The molecule has 3 nitrogen and oxygen atoms in total. The number of nitrogens with one attached hydrogen (secondary N) is 1. The summed E-state index contributed by atoms with van der Waals surface area (Å²) in [6.45, 7) is 2.15. The van der Waals surface area contributed by atoms with E-state index in [4.69, 9.17) is 11.6 Å². The van der Waals surface area contributed by atoms with Crippen LogP contribution in [0.15, 0.2) is 18.2 Å². The highest BCUT2D eigenvalue weighted by Crippen LogP contribution is 2.24. The monoisotopic (exact) mass is 291 g/mol. The largest absolute Gasteiger partial charge is 0.306 e. The van der Waals surface area contributed by atoms with Crippen molar-refractivity contribution >= 4 is 21.4 Å². The number of hydrogen-bond acceptors (Lipinski definition) is 3. The van der Waals surface area contributed by atoms with E-state index in [2.05, 4.69) is 5.32 Å². The third kappa shape index (κ3) is 3.22. The highest BCUT2D eigenvalue weighted by atomic mass is 35.5. The van der Waals surface area contributed by atoms with Gasteiger partial charge < -0.3 is 5.32 Å². The summed E-state index contributed by atoms with van der Waals surface area (Å²) in [5.74, 6) is -0.0751. The average Bonchev–Trinajstić information content (AvgIpc) is 2.52. The lowest BCUT2D eigenvalue weighted by Gasteiger charge is -2.24. The first-order valence-corrected chi connectivity index (χ1v) is 7.89. The molecule has 1 unspecified atom stereocenters. The zero-order valence-electron chi connectivity index (χ0n) is 10.0. The summed E-state index contributed by atoms with van der Waals surface area (Å²) in [7, 11) is -2.95. The number of halogens is 2. The zero-order chi connectivity index (χ0) is 13.4. The Morgan fingerprint density at radius 3 is 2.78 bits per heavy atom. The topological polar surface area (TPSA) is 46.2 Å². The smallest absolute Gasteiger partial charge is 0.152 e. The molecule has 1 aliphatic heterocycles. The van der Waals surface area contributed by atoms with Crippen molar-refractivity contribution in [2.75, 3.05) is 11.5 Å². The third-order valence-corrected chi connectivity index (χ3v) is 5.36. The molecule has 1 heterocycles. The third-order valence-electron chi connectivity index (χ3n) is 3.22. The van der Waals surface area contributed by atoms with Crippen LogP contribution >= 0.6 is 11.6 Å². The molecule has 1 aromatic carbocycles. The fourth-order valence-corrected chi connectivity index (χ4v) is 4.41. The molecule has 18 heavy (non-hydrogen) atoms. The summed E-state index contributed by atoms with van der Waals surface area (Å²) >= 11 is 5.67. The number of hydrogen-bond donors (Lipinski definition) is 1. The van der Waals surface area contributed by atoms with Crippen molar-refractivity contribution < 1.29 is 12.8 Å². The Morgan fingerprint density at radius 1 is 1.50 bits per heavy atom. The SMILES string of the molecule is CC1(NCc2ccc(Cl)cc2F)CCS(=O)(=O)C1. The van der Waals surface area contributed by atoms with E-state index in [0.717, 1.165) is 0 Å². The first-order chi connectivity index (χ1) is 8.30. The Balaban J connectivity index is 2.04. The van der Waals surface area contributed by atoms with Gasteiger partial charge in [0.25, 0.3) is 0 Å². The molecule has 0 bridgehead atoms. The van der Waals surface area contributed by atoms with Gasteiger partial charge in [-0.1, -0.05) is 17.7 Å². The van der Waals surface area contributed by atoms with Gasteiger partial charge in [0.05, 0.1) is 11.5 Å². The number of rotatable bonds is 3. The molecule has 1 aromatic rings. The number of sulfone groups is 1. The zero-order valence-corrected chi connectivity index (χ0v) is 11.6. The molecule has 0 aromatic heterocycles. The van der Waals surface area contributed by atoms with Gasteiger partial charge in [-0.15, -0.1) is 0 Å². The molecule has 0 spiro atoms. The first kappa shape index (κ1) is 13.8. The molecular weight excluding hydrogens is 277 g/mol. The van der Waals surface area contributed by atoms with E-state index in [1.807, 2.05) is 6.92 Å². The molecule has 1 aliphatic rings. The highest BCUT2D eigenvalue weighted by Gasteiger charge is 2.37. The average molecular weight is 292 g/mol. The van der Waals surface area contributed by atoms with Gasteiger partial charge in [-0.05, 0) is 25.5 Å². The van der Waals surface area contributed by atoms with Gasteiger partial charge in [0.15, 0.2) is 9.84 Å². The normalized spacial score (nSPS) is 26.4. The summed E-state index contributed by atoms with van der Waals surface area (Å²) in [6.07, 6.45) is 0.560. The van der Waals surface area contributed by atoms with Crippen LogP contribution in [0.1, 0.15) is 18.9 Å². The van der Waals surface area contributed by atoms with Crippen molar-refractivity contribution in [3.63, 3.8) is 0 Å². The van der Waals surface area contributed by atoms with Crippen molar-refractivity contribution in [1.82, 2.24) is 5.32 Å². The molecule has 0 aliphatic carbocycles. The van der Waals surface area contributed by atoms with Crippen LogP contribution in [0.3, 0.4) is 0 Å². The lowest BCUT2D eigenvalue weighted by atomic mass is 10.0. The predicted molar refractivity (Wildman–Crippen MR) is 69.9 cm³/mol. The van der Waals surface area contributed by atoms with Crippen LogP contribution in [0.5, 0.6) is 0 Å². The lowest BCUT2D eigenvalue weighted by Crippen LogP contribution is -2.43. The minimum atomic E-state index is -2.95. The van der Waals surface area contributed by atoms with Crippen LogP contribution in [-0.4, -0.2) is 25.5 Å². The van der Waals surface area contributed by atoms with E-state index in [1.165, 1.54) is 6.07 Å². The second kappa shape index (κ2) is 4.79. The summed E-state index contributed by atoms with van der Waals surface area (Å²) in [6, 6.07) is 4.49. The minimum Gasteiger partial charge on any atom is -0.306 e. The molecule has 6 heteroatoms. The van der Waals surface area contributed by atoms with Crippen molar-refractivity contribution in [1.29, 1.82) is 0 Å². The molecular formula is C12H15ClFNO2S. The highest BCUT2D eigenvalue weighted by molar-refractivity contribution is 7.91. The van der Waals surface area contributed by atoms with Gasteiger partial charge in [0.2, 0.25) is 0 Å². The van der Waals surface area contributed by atoms with E-state index >= 15 is 0 Å². The molecule has 1 N–H and O–H groups in total. The summed E-state index contributed by atoms with van der Waals surface area (Å²) in [5, 5.41) is 3.48. The molecule has 1 saturated heterocycles. The Hall–Kier alpha value is -0.650. The molecule has 0 saturated carbocycles. The Kier molecular flexibility index (Phi) is 3.67. The summed E-state index contributed by atoms with van der Waals surface area (Å²) < 4.78 is 36.4. The van der Waals surface area contributed by atoms with Gasteiger partial charge in [-0.25, -0.2) is 12.8 Å². The quantitative estimate of drug-likeness (QED) is 0.928. The van der Waals surface area contributed by atoms with Gasteiger partial charge in [-0.3, -0.25) is 0 Å². The summed E-state index contributed by atoms with van der Waals surface area (Å²) in [5.41, 5.74) is 0.0233. The fourth-order valence-electron chi connectivity index (χ4n) is 2.12. The van der Waals surface area contributed by atoms with Crippen LogP contribution in [0.2, 0.25) is 5.02 Å². The van der Waals surface area contributed by atoms with Gasteiger partial charge in [0, 0.05) is 22.7 Å². The second-order valence-electron chi connectivity index (χ2n) is 4.99. The standard InChI is InChI=1S/C12H15ClFNO2S/c1-12(4-5-18(16,17)8-12)15-7-9-2-3-10(13)6-11(9)14/h2-3,6,15H,4-5,7-8H2,1H3. The Morgan fingerprint density at radius 2 is 2.22 bits per heavy atom. The van der Waals surface area contributed by atoms with Crippen LogP contribution in [0, 0.1) is 5.82 Å². The van der Waals surface area contributed by atoms with Gasteiger partial charge in [-0.2, -0.15) is 0 Å². The molecule has 0 amide bonds. The Bertz CT molecular complexity index is 561. The summed E-state index contributed by atoms with van der Waals surface area (Å²) in [4.78, 5) is 0. The molecule has 1 fully saturated rings. The van der Waals surface area contributed by atoms with E-state index < -0.39 is 15.4 Å². The second-order valence-corrected chi connectivity index (χ2v) is 7.61. The maximum absolute atomic E-state index is 13.6. The fraction of sp³-hybridized carbons (Fsp3) is 0.500. The Labute approximate surface area is 111 Å². The molecule has 1 atom stereocenters. The van der Waals surface area contributed by atoms with E-state index in [-0.39, 0.29) is 17.3 Å². The van der Waals surface area contributed by atoms with E-state index in [1.54, 1.807) is 12.1 Å². The van der Waals surface area contributed by atoms with E-state index in [9.17, 15) is 12.8 Å².